The highest BCUT2D eigenvalue weighted by Crippen LogP contribution is 2.45. The fourth-order valence-corrected chi connectivity index (χ4v) is 7.52. The van der Waals surface area contributed by atoms with E-state index >= 15 is 4.39 Å². The molecule has 1 aromatic carbocycles. The summed E-state index contributed by atoms with van der Waals surface area (Å²) in [7, 11) is 0. The van der Waals surface area contributed by atoms with Crippen molar-refractivity contribution in [1.82, 2.24) is 20.2 Å². The van der Waals surface area contributed by atoms with Gasteiger partial charge < -0.3 is 25.4 Å². The maximum Gasteiger partial charge on any atom is 0.417 e. The van der Waals surface area contributed by atoms with Crippen molar-refractivity contribution < 1.29 is 31.4 Å². The molecule has 0 saturated carbocycles. The van der Waals surface area contributed by atoms with E-state index in [0.717, 1.165) is 25.5 Å². The summed E-state index contributed by atoms with van der Waals surface area (Å²) in [6.07, 6.45) is -0.768. The number of ether oxygens (including phenoxy) is 2. The van der Waals surface area contributed by atoms with E-state index in [1.807, 2.05) is 0 Å². The molecule has 226 valence electrons. The maximum atomic E-state index is 15.3. The number of anilines is 2. The lowest BCUT2D eigenvalue weighted by Crippen LogP contribution is -2.52. The van der Waals surface area contributed by atoms with Crippen LogP contribution in [0.25, 0.3) is 0 Å². The number of rotatable bonds is 5. The van der Waals surface area contributed by atoms with Crippen LogP contribution in [-0.2, 0) is 23.9 Å². The lowest BCUT2D eigenvalue weighted by molar-refractivity contribution is -0.140. The molecule has 5 aliphatic rings. The molecule has 5 atom stereocenters. The van der Waals surface area contributed by atoms with Crippen LogP contribution in [0.3, 0.4) is 0 Å². The van der Waals surface area contributed by atoms with Gasteiger partial charge in [0.15, 0.2) is 5.82 Å². The third-order valence-electron chi connectivity index (χ3n) is 9.36. The first-order chi connectivity index (χ1) is 20.0. The predicted octanol–water partition coefficient (Wildman–Crippen LogP) is 4.01. The zero-order valence-corrected chi connectivity index (χ0v) is 23.2. The minimum absolute atomic E-state index is 0.0760. The summed E-state index contributed by atoms with van der Waals surface area (Å²) in [6, 6.07) is 1.32. The second-order valence-corrected chi connectivity index (χ2v) is 12.2. The van der Waals surface area contributed by atoms with Crippen LogP contribution in [0.1, 0.15) is 53.3 Å². The van der Waals surface area contributed by atoms with Gasteiger partial charge in [0.25, 0.3) is 0 Å². The summed E-state index contributed by atoms with van der Waals surface area (Å²) in [4.78, 5) is 13.6. The van der Waals surface area contributed by atoms with E-state index in [1.54, 1.807) is 0 Å². The second-order valence-electron chi connectivity index (χ2n) is 12.2. The van der Waals surface area contributed by atoms with E-state index in [0.29, 0.717) is 43.1 Å². The Labute approximate surface area is 240 Å². The van der Waals surface area contributed by atoms with Crippen LogP contribution in [0, 0.1) is 12.7 Å². The first kappa shape index (κ1) is 27.8. The van der Waals surface area contributed by atoms with Crippen molar-refractivity contribution in [3.8, 4) is 6.01 Å². The number of aryl methyl sites for hydroxylation is 1. The molecule has 0 spiro atoms. The molecule has 8 nitrogen and oxygen atoms in total. The van der Waals surface area contributed by atoms with Gasteiger partial charge in [0.1, 0.15) is 18.6 Å². The summed E-state index contributed by atoms with van der Waals surface area (Å²) in [5, 5.41) is 3.48. The van der Waals surface area contributed by atoms with Gasteiger partial charge in [-0.25, -0.2) is 8.78 Å². The molecule has 3 N–H and O–H groups in total. The lowest BCUT2D eigenvalue weighted by Gasteiger charge is -2.37. The number of hydrogen-bond acceptors (Lipinski definition) is 8. The van der Waals surface area contributed by atoms with E-state index in [1.165, 1.54) is 6.92 Å². The van der Waals surface area contributed by atoms with E-state index in [4.69, 9.17) is 20.2 Å². The van der Waals surface area contributed by atoms with Crippen LogP contribution in [0.15, 0.2) is 18.2 Å². The average molecular weight is 593 g/mol. The van der Waals surface area contributed by atoms with Crippen LogP contribution in [-0.4, -0.2) is 71.4 Å². The molecule has 1 aromatic heterocycles. The van der Waals surface area contributed by atoms with Gasteiger partial charge in [0, 0.05) is 55.7 Å². The predicted molar refractivity (Wildman–Crippen MR) is 144 cm³/mol. The van der Waals surface area contributed by atoms with Crippen molar-refractivity contribution in [2.24, 2.45) is 0 Å². The Morgan fingerprint density at radius 1 is 1.19 bits per heavy atom. The molecular weight excluding hydrogens is 559 g/mol. The molecule has 42 heavy (non-hydrogen) atoms. The molecule has 2 unspecified atom stereocenters. The van der Waals surface area contributed by atoms with Crippen LogP contribution < -0.4 is 20.7 Å². The first-order valence-electron chi connectivity index (χ1n) is 14.4. The summed E-state index contributed by atoms with van der Waals surface area (Å²) in [5.74, 6) is -0.552. The SMILES string of the molecule is Cc1cc(N)c(F)c([C@H]2Cc3nc(OC[C@@]45CCCN4C[C@H](F)C5)nc(N4CC5C=CC(C4)N5)c3CO2)c1C(F)(F)F. The van der Waals surface area contributed by atoms with Gasteiger partial charge in [0.05, 0.1) is 35.2 Å². The van der Waals surface area contributed by atoms with Crippen molar-refractivity contribution in [3.05, 3.63) is 52.0 Å². The van der Waals surface area contributed by atoms with E-state index < -0.39 is 40.9 Å². The van der Waals surface area contributed by atoms with E-state index in [-0.39, 0.29) is 49.0 Å². The standard InChI is InChI=1S/C29H33F5N6O2/c1-15-7-20(35)25(31)23(24(15)29(32,33)34)22-8-21-19(13-41-22)26(39-11-17-3-4-18(12-39)36-17)38-27(37-21)42-14-28-5-2-6-40(28)10-16(30)9-28/h3-4,7,16-18,22,36H,2,5-6,8-14,35H2,1H3/t16-,17?,18?,22-,28+/m1/s1. The van der Waals surface area contributed by atoms with Crippen LogP contribution in [0.2, 0.25) is 0 Å². The molecule has 3 fully saturated rings. The molecule has 2 bridgehead atoms. The number of nitrogens with zero attached hydrogens (tertiary/aromatic N) is 4. The second kappa shape index (κ2) is 10.0. The average Bonchev–Trinajstić information content (AvgIpc) is 3.58. The fourth-order valence-electron chi connectivity index (χ4n) is 7.52. The van der Waals surface area contributed by atoms with Gasteiger partial charge in [-0.15, -0.1) is 0 Å². The highest BCUT2D eigenvalue weighted by Gasteiger charge is 2.49. The third-order valence-corrected chi connectivity index (χ3v) is 9.36. The molecule has 6 heterocycles. The number of aromatic nitrogens is 2. The van der Waals surface area contributed by atoms with Gasteiger partial charge in [-0.2, -0.15) is 23.1 Å². The number of alkyl halides is 4. The monoisotopic (exact) mass is 592 g/mol. The smallest absolute Gasteiger partial charge is 0.417 e. The molecule has 7 rings (SSSR count). The molecule has 13 heteroatoms. The number of fused-ring (bicyclic) bond motifs is 4. The molecule has 0 aliphatic carbocycles. The zero-order chi connectivity index (χ0) is 29.4. The molecule has 5 aliphatic heterocycles. The van der Waals surface area contributed by atoms with Crippen molar-refractivity contribution in [2.45, 2.75) is 75.3 Å². The van der Waals surface area contributed by atoms with Gasteiger partial charge in [-0.3, -0.25) is 4.90 Å². The fraction of sp³-hybridized carbons (Fsp3) is 0.586. The molecule has 2 aromatic rings. The maximum absolute atomic E-state index is 15.3. The highest BCUT2D eigenvalue weighted by molar-refractivity contribution is 5.55. The van der Waals surface area contributed by atoms with Crippen LogP contribution in [0.4, 0.5) is 33.5 Å². The number of nitrogen functional groups attached to an aromatic ring is 1. The molecule has 0 amide bonds. The summed E-state index contributed by atoms with van der Waals surface area (Å²) in [5.41, 5.74) is 4.18. The molecule has 3 saturated heterocycles. The Bertz CT molecular complexity index is 1420. The van der Waals surface area contributed by atoms with Crippen molar-refractivity contribution in [1.29, 1.82) is 0 Å². The van der Waals surface area contributed by atoms with Crippen LogP contribution in [0.5, 0.6) is 6.01 Å². The first-order valence-corrected chi connectivity index (χ1v) is 14.4. The Morgan fingerprint density at radius 3 is 2.69 bits per heavy atom. The molecule has 0 radical (unpaired) electrons. The van der Waals surface area contributed by atoms with E-state index in [9.17, 15) is 17.6 Å². The minimum atomic E-state index is -4.81. The van der Waals surface area contributed by atoms with Crippen molar-refractivity contribution in [2.75, 3.05) is 43.4 Å². The van der Waals surface area contributed by atoms with Gasteiger partial charge in [0.2, 0.25) is 0 Å². The number of halogens is 5. The number of benzene rings is 1. The number of nitrogens with one attached hydrogen (secondary N) is 1. The number of piperazine rings is 1. The largest absolute Gasteiger partial charge is 0.461 e. The number of hydrogen-bond donors (Lipinski definition) is 2. The Balaban J connectivity index is 1.25. The summed E-state index contributed by atoms with van der Waals surface area (Å²) >= 11 is 0. The van der Waals surface area contributed by atoms with Gasteiger partial charge >= 0.3 is 12.2 Å². The van der Waals surface area contributed by atoms with Crippen molar-refractivity contribution in [3.63, 3.8) is 0 Å². The quantitative estimate of drug-likeness (QED) is 0.306. The Morgan fingerprint density at radius 2 is 1.95 bits per heavy atom. The third kappa shape index (κ3) is 4.69. The lowest BCUT2D eigenvalue weighted by atomic mass is 9.91. The zero-order valence-electron chi connectivity index (χ0n) is 23.2. The highest BCUT2D eigenvalue weighted by atomic mass is 19.4. The van der Waals surface area contributed by atoms with Crippen LogP contribution >= 0.6 is 0 Å². The Hall–Kier alpha value is -3.03. The van der Waals surface area contributed by atoms with E-state index in [2.05, 4.69) is 32.3 Å². The van der Waals surface area contributed by atoms with Crippen molar-refractivity contribution >= 4 is 11.5 Å². The molecular formula is C29H33F5N6O2. The van der Waals surface area contributed by atoms with Gasteiger partial charge in [-0.1, -0.05) is 12.2 Å². The minimum Gasteiger partial charge on any atom is -0.461 e. The number of nitrogens with two attached hydrogens (primary N) is 1. The van der Waals surface area contributed by atoms with Gasteiger partial charge in [-0.05, 0) is 37.9 Å². The Kier molecular flexibility index (Phi) is 6.63. The normalized spacial score (nSPS) is 30.6. The summed E-state index contributed by atoms with van der Waals surface area (Å²) < 4.78 is 84.2. The summed E-state index contributed by atoms with van der Waals surface area (Å²) in [6.45, 7) is 3.80. The topological polar surface area (TPSA) is 88.8 Å².